The van der Waals surface area contributed by atoms with E-state index >= 15 is 0 Å². The van der Waals surface area contributed by atoms with Gasteiger partial charge in [-0.3, -0.25) is 5.10 Å². The van der Waals surface area contributed by atoms with E-state index in [1.807, 2.05) is 36.4 Å². The summed E-state index contributed by atoms with van der Waals surface area (Å²) in [6.45, 7) is 0. The van der Waals surface area contributed by atoms with Crippen LogP contribution in [0.2, 0.25) is 0 Å². The predicted molar refractivity (Wildman–Crippen MR) is 85.0 cm³/mol. The second-order valence-electron chi connectivity index (χ2n) is 4.67. The van der Waals surface area contributed by atoms with E-state index in [1.165, 1.54) is 10.5 Å². The Bertz CT molecular complexity index is 710. The van der Waals surface area contributed by atoms with Crippen molar-refractivity contribution in [3.8, 4) is 5.75 Å². The standard InChI is InChI=1S/C17H16N2OS/c1-20-15-7-5-6-13(11-15)10-14-12-17(19-18-14)21-16-8-3-2-4-9-16/h2-9,11-12H,10H2,1H3,(H,18,19). The first-order chi connectivity index (χ1) is 10.3. The van der Waals surface area contributed by atoms with Crippen LogP contribution in [-0.2, 0) is 6.42 Å². The molecule has 0 radical (unpaired) electrons. The summed E-state index contributed by atoms with van der Waals surface area (Å²) in [7, 11) is 1.68. The van der Waals surface area contributed by atoms with Crippen molar-refractivity contribution < 1.29 is 4.74 Å². The zero-order chi connectivity index (χ0) is 14.5. The van der Waals surface area contributed by atoms with Crippen LogP contribution in [0.25, 0.3) is 0 Å². The Balaban J connectivity index is 1.70. The molecular formula is C17H16N2OS. The molecule has 0 fully saturated rings. The lowest BCUT2D eigenvalue weighted by atomic mass is 10.1. The van der Waals surface area contributed by atoms with Gasteiger partial charge in [0.05, 0.1) is 7.11 Å². The highest BCUT2D eigenvalue weighted by Crippen LogP contribution is 2.26. The molecule has 0 spiro atoms. The lowest BCUT2D eigenvalue weighted by Crippen LogP contribution is -1.90. The van der Waals surface area contributed by atoms with E-state index < -0.39 is 0 Å². The van der Waals surface area contributed by atoms with Crippen molar-refractivity contribution in [2.45, 2.75) is 16.3 Å². The molecule has 3 aromatic rings. The third kappa shape index (κ3) is 3.67. The van der Waals surface area contributed by atoms with E-state index in [0.29, 0.717) is 0 Å². The summed E-state index contributed by atoms with van der Waals surface area (Å²) in [6.07, 6.45) is 0.819. The monoisotopic (exact) mass is 296 g/mol. The second kappa shape index (κ2) is 6.50. The van der Waals surface area contributed by atoms with Crippen molar-refractivity contribution in [1.82, 2.24) is 10.2 Å². The number of hydrogen-bond donors (Lipinski definition) is 1. The first-order valence-corrected chi connectivity index (χ1v) is 7.55. The number of aromatic nitrogens is 2. The fourth-order valence-corrected chi connectivity index (χ4v) is 2.92. The minimum Gasteiger partial charge on any atom is -0.497 e. The average molecular weight is 296 g/mol. The van der Waals surface area contributed by atoms with E-state index in [0.717, 1.165) is 22.9 Å². The molecule has 1 heterocycles. The first-order valence-electron chi connectivity index (χ1n) is 6.73. The summed E-state index contributed by atoms with van der Waals surface area (Å²) in [6, 6.07) is 20.4. The smallest absolute Gasteiger partial charge is 0.123 e. The van der Waals surface area contributed by atoms with Gasteiger partial charge >= 0.3 is 0 Å². The van der Waals surface area contributed by atoms with Gasteiger partial charge in [-0.2, -0.15) is 5.10 Å². The molecule has 0 saturated carbocycles. The molecule has 0 saturated heterocycles. The van der Waals surface area contributed by atoms with Crippen molar-refractivity contribution in [3.05, 3.63) is 71.9 Å². The van der Waals surface area contributed by atoms with Gasteiger partial charge in [-0.05, 0) is 35.9 Å². The molecule has 1 aromatic heterocycles. The fourth-order valence-electron chi connectivity index (χ4n) is 2.09. The molecule has 4 heteroatoms. The van der Waals surface area contributed by atoms with Gasteiger partial charge in [0.15, 0.2) is 0 Å². The quantitative estimate of drug-likeness (QED) is 0.768. The van der Waals surface area contributed by atoms with E-state index in [4.69, 9.17) is 4.74 Å². The molecule has 0 bridgehead atoms. The van der Waals surface area contributed by atoms with E-state index in [-0.39, 0.29) is 0 Å². The zero-order valence-electron chi connectivity index (χ0n) is 11.7. The highest BCUT2D eigenvalue weighted by Gasteiger charge is 2.05. The third-order valence-corrected chi connectivity index (χ3v) is 4.03. The van der Waals surface area contributed by atoms with Crippen LogP contribution in [-0.4, -0.2) is 17.3 Å². The van der Waals surface area contributed by atoms with Crippen LogP contribution in [0.15, 0.2) is 70.6 Å². The molecule has 0 unspecified atom stereocenters. The van der Waals surface area contributed by atoms with Crippen LogP contribution in [0.4, 0.5) is 0 Å². The minimum absolute atomic E-state index is 0.819. The van der Waals surface area contributed by atoms with Crippen molar-refractivity contribution in [2.75, 3.05) is 7.11 Å². The third-order valence-electron chi connectivity index (χ3n) is 3.10. The fraction of sp³-hybridized carbons (Fsp3) is 0.118. The van der Waals surface area contributed by atoms with Gasteiger partial charge in [0.2, 0.25) is 0 Å². The number of H-pyrrole nitrogens is 1. The molecule has 106 valence electrons. The highest BCUT2D eigenvalue weighted by molar-refractivity contribution is 7.99. The number of methoxy groups -OCH3 is 1. The van der Waals surface area contributed by atoms with Crippen LogP contribution in [0, 0.1) is 0 Å². The van der Waals surface area contributed by atoms with Gasteiger partial charge in [0.25, 0.3) is 0 Å². The summed E-state index contributed by atoms with van der Waals surface area (Å²) in [4.78, 5) is 1.19. The summed E-state index contributed by atoms with van der Waals surface area (Å²) in [5.41, 5.74) is 2.30. The molecule has 21 heavy (non-hydrogen) atoms. The number of nitrogens with zero attached hydrogens (tertiary/aromatic N) is 1. The topological polar surface area (TPSA) is 37.9 Å². The van der Waals surface area contributed by atoms with E-state index in [2.05, 4.69) is 34.5 Å². The van der Waals surface area contributed by atoms with Crippen molar-refractivity contribution in [1.29, 1.82) is 0 Å². The van der Waals surface area contributed by atoms with Crippen molar-refractivity contribution in [3.63, 3.8) is 0 Å². The number of rotatable bonds is 5. The number of benzene rings is 2. The molecule has 0 aliphatic carbocycles. The number of ether oxygens (including phenoxy) is 1. The summed E-state index contributed by atoms with van der Waals surface area (Å²) < 4.78 is 5.25. The summed E-state index contributed by atoms with van der Waals surface area (Å²) >= 11 is 1.66. The number of hydrogen-bond acceptors (Lipinski definition) is 3. The second-order valence-corrected chi connectivity index (χ2v) is 5.77. The summed E-state index contributed by atoms with van der Waals surface area (Å²) in [5.74, 6) is 0.880. The Labute approximate surface area is 128 Å². The van der Waals surface area contributed by atoms with Gasteiger partial charge in [-0.25, -0.2) is 0 Å². The maximum Gasteiger partial charge on any atom is 0.123 e. The average Bonchev–Trinajstić information content (AvgIpc) is 2.95. The number of nitrogens with one attached hydrogen (secondary N) is 1. The Hall–Kier alpha value is -2.20. The molecule has 1 N–H and O–H groups in total. The maximum atomic E-state index is 5.25. The molecule has 3 rings (SSSR count). The van der Waals surface area contributed by atoms with Crippen LogP contribution in [0.1, 0.15) is 11.3 Å². The summed E-state index contributed by atoms with van der Waals surface area (Å²) in [5, 5.41) is 8.44. The molecule has 0 atom stereocenters. The van der Waals surface area contributed by atoms with Gasteiger partial charge < -0.3 is 4.74 Å². The lowest BCUT2D eigenvalue weighted by molar-refractivity contribution is 0.414. The van der Waals surface area contributed by atoms with Crippen LogP contribution < -0.4 is 4.74 Å². The zero-order valence-corrected chi connectivity index (χ0v) is 12.6. The molecule has 3 nitrogen and oxygen atoms in total. The highest BCUT2D eigenvalue weighted by atomic mass is 32.2. The van der Waals surface area contributed by atoms with Gasteiger partial charge in [-0.15, -0.1) is 0 Å². The Morgan fingerprint density at radius 1 is 1.05 bits per heavy atom. The molecule has 0 aliphatic heterocycles. The normalized spacial score (nSPS) is 10.5. The van der Waals surface area contributed by atoms with E-state index in [9.17, 15) is 0 Å². The SMILES string of the molecule is COc1cccc(Cc2cc(Sc3ccccc3)n[nH]2)c1. The van der Waals surface area contributed by atoms with Crippen molar-refractivity contribution in [2.24, 2.45) is 0 Å². The molecule has 0 amide bonds. The van der Waals surface area contributed by atoms with E-state index in [1.54, 1.807) is 18.9 Å². The van der Waals surface area contributed by atoms with Crippen molar-refractivity contribution >= 4 is 11.8 Å². The molecule has 2 aromatic carbocycles. The van der Waals surface area contributed by atoms with Gasteiger partial charge in [-0.1, -0.05) is 42.1 Å². The van der Waals surface area contributed by atoms with Gasteiger partial charge in [0, 0.05) is 17.0 Å². The van der Waals surface area contributed by atoms with Gasteiger partial charge in [0.1, 0.15) is 10.8 Å². The maximum absolute atomic E-state index is 5.25. The van der Waals surface area contributed by atoms with Crippen LogP contribution >= 0.6 is 11.8 Å². The Morgan fingerprint density at radius 3 is 2.71 bits per heavy atom. The predicted octanol–water partition coefficient (Wildman–Crippen LogP) is 4.16. The Morgan fingerprint density at radius 2 is 1.90 bits per heavy atom. The Kier molecular flexibility index (Phi) is 4.26. The van der Waals surface area contributed by atoms with Crippen LogP contribution in [0.3, 0.4) is 0 Å². The number of aromatic amines is 1. The minimum atomic E-state index is 0.819. The molecule has 0 aliphatic rings. The first kappa shape index (κ1) is 13.8. The largest absolute Gasteiger partial charge is 0.497 e. The lowest BCUT2D eigenvalue weighted by Gasteiger charge is -2.02. The molecular weight excluding hydrogens is 280 g/mol. The van der Waals surface area contributed by atoms with Crippen LogP contribution in [0.5, 0.6) is 5.75 Å².